The van der Waals surface area contributed by atoms with Gasteiger partial charge in [-0.25, -0.2) is 9.78 Å². The molecule has 0 radical (unpaired) electrons. The number of aliphatic hydroxyl groups is 1. The highest BCUT2D eigenvalue weighted by molar-refractivity contribution is 6.36. The monoisotopic (exact) mass is 522 g/mol. The highest BCUT2D eigenvalue weighted by atomic mass is 35.5. The molecule has 1 saturated carbocycles. The number of imidazole rings is 1. The van der Waals surface area contributed by atoms with Crippen molar-refractivity contribution in [2.75, 3.05) is 35.7 Å². The van der Waals surface area contributed by atoms with Gasteiger partial charge in [-0.3, -0.25) is 0 Å². The molecule has 5 rings (SSSR count). The molecule has 0 unspecified atom stereocenters. The number of fused-ring (bicyclic) bond motifs is 1. The van der Waals surface area contributed by atoms with Crippen molar-refractivity contribution in [2.45, 2.75) is 37.5 Å². The number of aliphatic hydroxyl groups excluding tert-OH is 1. The van der Waals surface area contributed by atoms with E-state index in [1.807, 2.05) is 4.90 Å². The van der Waals surface area contributed by atoms with Gasteiger partial charge in [0.25, 0.3) is 0 Å². The first-order valence-electron chi connectivity index (χ1n) is 11.6. The molecule has 14 heteroatoms. The Morgan fingerprint density at radius 2 is 2.05 bits per heavy atom. The van der Waals surface area contributed by atoms with E-state index in [-0.39, 0.29) is 29.3 Å². The first-order chi connectivity index (χ1) is 17.8. The SMILES string of the molecule is CN(C(=O)O)[C@@H]1CCN(c2cc(C#N)cc(Nc3nc(NC4CC4)c4ncc(C#N)n4n3)c2Cl)C[C@H]1O. The Bertz CT molecular complexity index is 1460. The molecule has 0 spiro atoms. The minimum atomic E-state index is -1.11. The van der Waals surface area contributed by atoms with Crippen LogP contribution in [0.3, 0.4) is 0 Å². The summed E-state index contributed by atoms with van der Waals surface area (Å²) in [5.74, 6) is 0.622. The number of anilines is 4. The summed E-state index contributed by atoms with van der Waals surface area (Å²) in [7, 11) is 1.43. The lowest BCUT2D eigenvalue weighted by Crippen LogP contribution is -2.54. The van der Waals surface area contributed by atoms with Crippen molar-refractivity contribution in [3.8, 4) is 12.1 Å². The molecule has 190 valence electrons. The fourth-order valence-corrected chi connectivity index (χ4v) is 4.65. The lowest BCUT2D eigenvalue weighted by molar-refractivity contribution is 0.0497. The predicted octanol–water partition coefficient (Wildman–Crippen LogP) is 2.39. The topological polar surface area (TPSA) is 179 Å². The van der Waals surface area contributed by atoms with E-state index in [2.05, 4.69) is 37.8 Å². The minimum Gasteiger partial charge on any atom is -0.465 e. The Morgan fingerprint density at radius 1 is 1.27 bits per heavy atom. The Hall–Kier alpha value is -4.33. The van der Waals surface area contributed by atoms with Crippen LogP contribution < -0.4 is 15.5 Å². The number of aromatic nitrogens is 4. The summed E-state index contributed by atoms with van der Waals surface area (Å²) >= 11 is 6.77. The lowest BCUT2D eigenvalue weighted by Gasteiger charge is -2.40. The van der Waals surface area contributed by atoms with E-state index >= 15 is 0 Å². The first kappa shape index (κ1) is 24.4. The average Bonchev–Trinajstić information content (AvgIpc) is 3.60. The van der Waals surface area contributed by atoms with Crippen LogP contribution in [-0.4, -0.2) is 79.1 Å². The zero-order valence-corrected chi connectivity index (χ0v) is 20.5. The third-order valence-corrected chi connectivity index (χ3v) is 6.91. The maximum absolute atomic E-state index is 11.3. The average molecular weight is 523 g/mol. The molecule has 37 heavy (non-hydrogen) atoms. The largest absolute Gasteiger partial charge is 0.465 e. The number of nitrogens with one attached hydrogen (secondary N) is 2. The molecule has 0 bridgehead atoms. The predicted molar refractivity (Wildman–Crippen MR) is 134 cm³/mol. The second kappa shape index (κ2) is 9.61. The van der Waals surface area contributed by atoms with Crippen molar-refractivity contribution in [1.29, 1.82) is 10.5 Å². The Labute approximate surface area is 216 Å². The number of hydrogen-bond donors (Lipinski definition) is 4. The van der Waals surface area contributed by atoms with Gasteiger partial charge in [0, 0.05) is 26.2 Å². The van der Waals surface area contributed by atoms with Crippen molar-refractivity contribution in [3.05, 3.63) is 34.6 Å². The highest BCUT2D eigenvalue weighted by Gasteiger charge is 2.34. The molecule has 1 aliphatic carbocycles. The van der Waals surface area contributed by atoms with Gasteiger partial charge in [-0.2, -0.15) is 20.0 Å². The molecule has 2 atom stereocenters. The van der Waals surface area contributed by atoms with Crippen LogP contribution in [0, 0.1) is 22.7 Å². The molecule has 2 aromatic heterocycles. The number of halogens is 1. The molecule has 1 saturated heterocycles. The van der Waals surface area contributed by atoms with E-state index in [1.165, 1.54) is 17.8 Å². The van der Waals surface area contributed by atoms with Crippen LogP contribution in [0.15, 0.2) is 18.3 Å². The molecule has 3 heterocycles. The summed E-state index contributed by atoms with van der Waals surface area (Å²) in [6, 6.07) is 7.09. The fourth-order valence-electron chi connectivity index (χ4n) is 4.38. The van der Waals surface area contributed by atoms with Crippen molar-refractivity contribution < 1.29 is 15.0 Å². The zero-order valence-electron chi connectivity index (χ0n) is 19.8. The fraction of sp³-hybridized carbons (Fsp3) is 0.391. The normalized spacial score (nSPS) is 19.2. The van der Waals surface area contributed by atoms with Crippen LogP contribution in [0.5, 0.6) is 0 Å². The Kier molecular flexibility index (Phi) is 6.33. The van der Waals surface area contributed by atoms with Crippen LogP contribution in [0.25, 0.3) is 5.65 Å². The van der Waals surface area contributed by atoms with Gasteiger partial charge in [0.15, 0.2) is 17.2 Å². The molecule has 4 N–H and O–H groups in total. The minimum absolute atomic E-state index is 0.134. The summed E-state index contributed by atoms with van der Waals surface area (Å²) in [4.78, 5) is 23.1. The number of β-amino-alcohol motifs (C(OH)–C–C–N with tert-alkyl or cyclic N) is 1. The van der Waals surface area contributed by atoms with Gasteiger partial charge < -0.3 is 30.6 Å². The van der Waals surface area contributed by atoms with Crippen LogP contribution in [0.2, 0.25) is 5.02 Å². The number of benzene rings is 1. The van der Waals surface area contributed by atoms with Crippen molar-refractivity contribution >= 4 is 46.5 Å². The van der Waals surface area contributed by atoms with Crippen LogP contribution in [0.1, 0.15) is 30.5 Å². The van der Waals surface area contributed by atoms with E-state index in [0.29, 0.717) is 41.4 Å². The number of rotatable bonds is 6. The number of amides is 1. The van der Waals surface area contributed by atoms with Gasteiger partial charge >= 0.3 is 6.09 Å². The maximum atomic E-state index is 11.3. The molecule has 13 nitrogen and oxygen atoms in total. The van der Waals surface area contributed by atoms with Crippen LogP contribution in [0.4, 0.5) is 27.9 Å². The number of nitriles is 2. The van der Waals surface area contributed by atoms with Crippen LogP contribution >= 0.6 is 11.6 Å². The number of carbonyl (C=O) groups is 1. The molecular formula is C23H23ClN10O3. The number of hydrogen-bond acceptors (Lipinski definition) is 10. The highest BCUT2D eigenvalue weighted by Crippen LogP contribution is 2.37. The van der Waals surface area contributed by atoms with E-state index < -0.39 is 18.2 Å². The van der Waals surface area contributed by atoms with Gasteiger partial charge in [0.2, 0.25) is 5.95 Å². The van der Waals surface area contributed by atoms with Crippen molar-refractivity contribution in [2.24, 2.45) is 0 Å². The molecular weight excluding hydrogens is 500 g/mol. The molecule has 1 amide bonds. The Morgan fingerprint density at radius 3 is 2.70 bits per heavy atom. The van der Waals surface area contributed by atoms with E-state index in [9.17, 15) is 25.5 Å². The third kappa shape index (κ3) is 4.74. The third-order valence-electron chi connectivity index (χ3n) is 6.51. The number of carboxylic acid groups (broad SMARTS) is 1. The second-order valence-corrected chi connectivity index (χ2v) is 9.43. The van der Waals surface area contributed by atoms with Gasteiger partial charge in [-0.05, 0) is 31.4 Å². The molecule has 2 fully saturated rings. The summed E-state index contributed by atoms with van der Waals surface area (Å²) in [5, 5.41) is 50.1. The summed E-state index contributed by atoms with van der Waals surface area (Å²) in [6.07, 6.45) is 1.76. The van der Waals surface area contributed by atoms with Gasteiger partial charge in [-0.1, -0.05) is 11.6 Å². The van der Waals surface area contributed by atoms with Gasteiger partial charge in [0.05, 0.1) is 46.4 Å². The standard InChI is InChI=1S/C23H23ClN10O3/c1-32(23(36)37)16-4-5-33(11-18(16)35)17-7-12(8-25)6-15(19(17)24)29-22-30-20(28-13-2-3-13)21-27-10-14(9-26)34(21)31-22/h6-7,10,13,16,18,35H,2-5,11H2,1H3,(H,36,37)(H2,28,29,30,31)/t16-,18-/m1/s1. The summed E-state index contributed by atoms with van der Waals surface area (Å²) < 4.78 is 1.39. The first-order valence-corrected chi connectivity index (χ1v) is 12.0. The van der Waals surface area contributed by atoms with Crippen LogP contribution in [-0.2, 0) is 0 Å². The summed E-state index contributed by atoms with van der Waals surface area (Å²) in [6.45, 7) is 0.556. The number of likely N-dealkylation sites (N-methyl/N-ethyl adjacent to an activating group) is 1. The molecule has 1 aliphatic heterocycles. The van der Waals surface area contributed by atoms with Gasteiger partial charge in [-0.15, -0.1) is 5.10 Å². The van der Waals surface area contributed by atoms with E-state index in [1.54, 1.807) is 12.1 Å². The van der Waals surface area contributed by atoms with Crippen molar-refractivity contribution in [3.63, 3.8) is 0 Å². The van der Waals surface area contributed by atoms with E-state index in [0.717, 1.165) is 17.7 Å². The molecule has 2 aliphatic rings. The number of piperidine rings is 1. The summed E-state index contributed by atoms with van der Waals surface area (Å²) in [5.41, 5.74) is 1.86. The maximum Gasteiger partial charge on any atom is 0.407 e. The van der Waals surface area contributed by atoms with Gasteiger partial charge in [0.1, 0.15) is 6.07 Å². The zero-order chi connectivity index (χ0) is 26.3. The number of nitrogens with zero attached hydrogens (tertiary/aromatic N) is 8. The van der Waals surface area contributed by atoms with E-state index in [4.69, 9.17) is 11.6 Å². The second-order valence-electron chi connectivity index (χ2n) is 9.05. The lowest BCUT2D eigenvalue weighted by atomic mass is 9.99. The molecule has 3 aromatic rings. The Balaban J connectivity index is 1.47. The smallest absolute Gasteiger partial charge is 0.407 e. The quantitative estimate of drug-likeness (QED) is 0.373. The molecule has 1 aromatic carbocycles. The van der Waals surface area contributed by atoms with Crippen molar-refractivity contribution in [1.82, 2.24) is 24.5 Å².